The number of rotatable bonds is 2. The summed E-state index contributed by atoms with van der Waals surface area (Å²) in [5, 5.41) is 20.7. The van der Waals surface area contributed by atoms with Crippen molar-refractivity contribution < 1.29 is 9.90 Å². The lowest BCUT2D eigenvalue weighted by atomic mass is 10.0. The first-order valence-electron chi connectivity index (χ1n) is 6.14. The minimum Gasteiger partial charge on any atom is -0.380 e. The Kier molecular flexibility index (Phi) is 2.56. The van der Waals surface area contributed by atoms with Gasteiger partial charge in [0.05, 0.1) is 11.7 Å². The number of anilines is 1. The predicted molar refractivity (Wildman–Crippen MR) is 68.1 cm³/mol. The lowest BCUT2D eigenvalue weighted by Gasteiger charge is -2.20. The van der Waals surface area contributed by atoms with E-state index in [1.54, 1.807) is 12.3 Å². The normalized spacial score (nSPS) is 18.1. The molecular formula is C13H15N3O2. The molecule has 1 aliphatic rings. The predicted octanol–water partition coefficient (Wildman–Crippen LogP) is 1.81. The molecule has 3 rings (SSSR count). The highest BCUT2D eigenvalue weighted by molar-refractivity contribution is 5.98. The fourth-order valence-electron chi connectivity index (χ4n) is 2.45. The van der Waals surface area contributed by atoms with Gasteiger partial charge in [0, 0.05) is 11.1 Å². The van der Waals surface area contributed by atoms with Crippen LogP contribution in [0.4, 0.5) is 5.69 Å². The summed E-state index contributed by atoms with van der Waals surface area (Å²) in [7, 11) is 0. The molecule has 1 amide bonds. The summed E-state index contributed by atoms with van der Waals surface area (Å²) in [4.78, 5) is 12.0. The van der Waals surface area contributed by atoms with Gasteiger partial charge in [-0.3, -0.25) is 9.89 Å². The van der Waals surface area contributed by atoms with Crippen LogP contribution >= 0.6 is 0 Å². The molecule has 1 fully saturated rings. The zero-order valence-corrected chi connectivity index (χ0v) is 9.94. The number of fused-ring (bicyclic) bond motifs is 1. The van der Waals surface area contributed by atoms with Gasteiger partial charge in [-0.05, 0) is 43.9 Å². The molecule has 0 unspecified atom stereocenters. The van der Waals surface area contributed by atoms with Gasteiger partial charge in [0.15, 0.2) is 0 Å². The zero-order valence-electron chi connectivity index (χ0n) is 9.94. The van der Waals surface area contributed by atoms with Crippen molar-refractivity contribution in [2.24, 2.45) is 0 Å². The van der Waals surface area contributed by atoms with E-state index in [1.165, 1.54) is 0 Å². The van der Waals surface area contributed by atoms with Crippen LogP contribution in [0, 0.1) is 0 Å². The molecule has 18 heavy (non-hydrogen) atoms. The maximum Gasteiger partial charge on any atom is 0.256 e. The average molecular weight is 245 g/mol. The highest BCUT2D eigenvalue weighted by Crippen LogP contribution is 2.30. The molecule has 1 aliphatic carbocycles. The van der Waals surface area contributed by atoms with E-state index < -0.39 is 5.60 Å². The fourth-order valence-corrected chi connectivity index (χ4v) is 2.45. The number of nitrogens with zero attached hydrogens (tertiary/aromatic N) is 1. The highest BCUT2D eigenvalue weighted by atomic mass is 16.3. The molecule has 1 saturated carbocycles. The van der Waals surface area contributed by atoms with E-state index >= 15 is 0 Å². The number of aromatic amines is 1. The number of carbonyl (C=O) groups is 1. The first kappa shape index (κ1) is 11.2. The maximum absolute atomic E-state index is 12.0. The van der Waals surface area contributed by atoms with Crippen molar-refractivity contribution in [2.75, 3.05) is 5.32 Å². The summed E-state index contributed by atoms with van der Waals surface area (Å²) in [5.41, 5.74) is 0.424. The van der Waals surface area contributed by atoms with Crippen LogP contribution in [-0.4, -0.2) is 26.8 Å². The highest BCUT2D eigenvalue weighted by Gasteiger charge is 2.38. The molecule has 0 spiro atoms. The molecule has 94 valence electrons. The quantitative estimate of drug-likeness (QED) is 0.755. The largest absolute Gasteiger partial charge is 0.380 e. The van der Waals surface area contributed by atoms with E-state index in [0.29, 0.717) is 18.5 Å². The number of benzene rings is 1. The summed E-state index contributed by atoms with van der Waals surface area (Å²) in [5.74, 6) is -0.303. The van der Waals surface area contributed by atoms with Gasteiger partial charge in [-0.2, -0.15) is 5.10 Å². The van der Waals surface area contributed by atoms with Gasteiger partial charge in [-0.1, -0.05) is 0 Å². The van der Waals surface area contributed by atoms with Gasteiger partial charge in [0.1, 0.15) is 5.60 Å². The van der Waals surface area contributed by atoms with Gasteiger partial charge in [-0.25, -0.2) is 0 Å². The first-order valence-corrected chi connectivity index (χ1v) is 6.14. The van der Waals surface area contributed by atoms with E-state index in [0.717, 1.165) is 23.7 Å². The number of aliphatic hydroxyl groups is 1. The van der Waals surface area contributed by atoms with Crippen LogP contribution in [0.15, 0.2) is 24.4 Å². The van der Waals surface area contributed by atoms with E-state index in [1.807, 2.05) is 12.1 Å². The molecule has 2 aromatic rings. The molecule has 1 heterocycles. The molecule has 0 saturated heterocycles. The lowest BCUT2D eigenvalue weighted by molar-refractivity contribution is -0.133. The van der Waals surface area contributed by atoms with Crippen molar-refractivity contribution in [3.63, 3.8) is 0 Å². The van der Waals surface area contributed by atoms with Crippen LogP contribution in [0.1, 0.15) is 25.7 Å². The molecule has 0 aliphatic heterocycles. The van der Waals surface area contributed by atoms with Crippen molar-refractivity contribution >= 4 is 22.5 Å². The Labute approximate surface area is 104 Å². The second-order valence-electron chi connectivity index (χ2n) is 4.86. The molecular weight excluding hydrogens is 230 g/mol. The number of nitrogens with one attached hydrogen (secondary N) is 2. The van der Waals surface area contributed by atoms with Gasteiger partial charge in [-0.15, -0.1) is 0 Å². The standard InChI is InChI=1S/C13H15N3O2/c17-12(13(18)5-1-2-6-13)15-10-3-4-11-9(7-10)8-14-16-11/h3-4,7-8,18H,1-2,5-6H2,(H,14,16)(H,15,17). The summed E-state index contributed by atoms with van der Waals surface area (Å²) >= 11 is 0. The van der Waals surface area contributed by atoms with Crippen LogP contribution in [0.2, 0.25) is 0 Å². The molecule has 0 radical (unpaired) electrons. The summed E-state index contributed by atoms with van der Waals surface area (Å²) in [6.45, 7) is 0. The molecule has 1 aromatic carbocycles. The third kappa shape index (κ3) is 1.86. The monoisotopic (exact) mass is 245 g/mol. The van der Waals surface area contributed by atoms with Gasteiger partial charge >= 0.3 is 0 Å². The molecule has 5 nitrogen and oxygen atoms in total. The summed E-state index contributed by atoms with van der Waals surface area (Å²) in [6.07, 6.45) is 4.62. The van der Waals surface area contributed by atoms with E-state index in [-0.39, 0.29) is 5.91 Å². The number of amides is 1. The minimum atomic E-state index is -1.19. The Hall–Kier alpha value is -1.88. The maximum atomic E-state index is 12.0. The van der Waals surface area contributed by atoms with Crippen molar-refractivity contribution in [3.05, 3.63) is 24.4 Å². The topological polar surface area (TPSA) is 78.0 Å². The summed E-state index contributed by atoms with van der Waals surface area (Å²) < 4.78 is 0. The van der Waals surface area contributed by atoms with Crippen LogP contribution in [-0.2, 0) is 4.79 Å². The molecule has 0 bridgehead atoms. The third-order valence-electron chi connectivity index (χ3n) is 3.55. The second-order valence-corrected chi connectivity index (χ2v) is 4.86. The van der Waals surface area contributed by atoms with Crippen LogP contribution in [0.5, 0.6) is 0 Å². The van der Waals surface area contributed by atoms with E-state index in [4.69, 9.17) is 0 Å². The number of hydrogen-bond donors (Lipinski definition) is 3. The molecule has 3 N–H and O–H groups in total. The van der Waals surface area contributed by atoms with Crippen LogP contribution in [0.25, 0.3) is 10.9 Å². The number of H-pyrrole nitrogens is 1. The third-order valence-corrected chi connectivity index (χ3v) is 3.55. The second kappa shape index (κ2) is 4.10. The van der Waals surface area contributed by atoms with Crippen molar-refractivity contribution in [1.82, 2.24) is 10.2 Å². The van der Waals surface area contributed by atoms with E-state index in [2.05, 4.69) is 15.5 Å². The van der Waals surface area contributed by atoms with Crippen LogP contribution in [0.3, 0.4) is 0 Å². The van der Waals surface area contributed by atoms with Gasteiger partial charge in [0.2, 0.25) is 0 Å². The average Bonchev–Trinajstić information content (AvgIpc) is 2.98. The van der Waals surface area contributed by atoms with Crippen LogP contribution < -0.4 is 5.32 Å². The minimum absolute atomic E-state index is 0.303. The first-order chi connectivity index (χ1) is 8.67. The lowest BCUT2D eigenvalue weighted by Crippen LogP contribution is -2.40. The Balaban J connectivity index is 1.81. The van der Waals surface area contributed by atoms with E-state index in [9.17, 15) is 9.90 Å². The zero-order chi connectivity index (χ0) is 12.6. The molecule has 1 aromatic heterocycles. The van der Waals surface area contributed by atoms with Crippen molar-refractivity contribution in [2.45, 2.75) is 31.3 Å². The van der Waals surface area contributed by atoms with Gasteiger partial charge in [0.25, 0.3) is 5.91 Å². The Bertz CT molecular complexity index is 585. The van der Waals surface area contributed by atoms with Gasteiger partial charge < -0.3 is 10.4 Å². The number of hydrogen-bond acceptors (Lipinski definition) is 3. The van der Waals surface area contributed by atoms with Crippen molar-refractivity contribution in [1.29, 1.82) is 0 Å². The molecule has 0 atom stereocenters. The SMILES string of the molecule is O=C(Nc1ccc2[nH]ncc2c1)C1(O)CCCC1. The molecule has 5 heteroatoms. The smallest absolute Gasteiger partial charge is 0.256 e. The van der Waals surface area contributed by atoms with Crippen molar-refractivity contribution in [3.8, 4) is 0 Å². The fraction of sp³-hybridized carbons (Fsp3) is 0.385. The Morgan fingerprint density at radius 3 is 2.94 bits per heavy atom. The Morgan fingerprint density at radius 1 is 1.39 bits per heavy atom. The Morgan fingerprint density at radius 2 is 2.17 bits per heavy atom. The summed E-state index contributed by atoms with van der Waals surface area (Å²) in [6, 6.07) is 5.50. The number of aromatic nitrogens is 2. The number of carbonyl (C=O) groups excluding carboxylic acids is 1.